The lowest BCUT2D eigenvalue weighted by Crippen LogP contribution is -2.41. The maximum Gasteiger partial charge on any atom is 0.306 e. The Bertz CT molecular complexity index is 149. The number of aliphatic hydroxyl groups excluding tert-OH is 1. The monoisotopic (exact) mass is 175 g/mol. The molecule has 3 unspecified atom stereocenters. The van der Waals surface area contributed by atoms with Crippen molar-refractivity contribution in [1.82, 2.24) is 0 Å². The molecule has 0 aliphatic heterocycles. The van der Waals surface area contributed by atoms with E-state index in [9.17, 15) is 9.90 Å². The van der Waals surface area contributed by atoms with Crippen LogP contribution in [-0.2, 0) is 4.79 Å². The van der Waals surface area contributed by atoms with Crippen molar-refractivity contribution in [2.24, 2.45) is 11.7 Å². The van der Waals surface area contributed by atoms with E-state index in [1.165, 1.54) is 0 Å². The number of rotatable bonds is 5. The Labute approximate surface area is 72.4 Å². The van der Waals surface area contributed by atoms with E-state index in [1.807, 2.05) is 13.8 Å². The highest BCUT2D eigenvalue weighted by Crippen LogP contribution is 2.10. The van der Waals surface area contributed by atoms with Gasteiger partial charge < -0.3 is 15.9 Å². The predicted molar refractivity (Wildman–Crippen MR) is 45.7 cm³/mol. The molecule has 0 aromatic carbocycles. The van der Waals surface area contributed by atoms with Gasteiger partial charge in [0.2, 0.25) is 0 Å². The van der Waals surface area contributed by atoms with E-state index in [-0.39, 0.29) is 12.3 Å². The van der Waals surface area contributed by atoms with Gasteiger partial charge in [0.25, 0.3) is 0 Å². The van der Waals surface area contributed by atoms with Crippen LogP contribution in [0, 0.1) is 5.92 Å². The van der Waals surface area contributed by atoms with Crippen LogP contribution in [0.2, 0.25) is 0 Å². The molecule has 0 radical (unpaired) electrons. The van der Waals surface area contributed by atoms with Gasteiger partial charge in [0.15, 0.2) is 0 Å². The molecule has 0 heterocycles. The van der Waals surface area contributed by atoms with Crippen molar-refractivity contribution in [2.75, 3.05) is 0 Å². The van der Waals surface area contributed by atoms with Gasteiger partial charge in [-0.05, 0) is 5.92 Å². The smallest absolute Gasteiger partial charge is 0.306 e. The third-order valence-corrected chi connectivity index (χ3v) is 2.13. The molecule has 0 amide bonds. The van der Waals surface area contributed by atoms with Crippen LogP contribution >= 0.6 is 0 Å². The maximum absolute atomic E-state index is 10.2. The average Bonchev–Trinajstić information content (AvgIpc) is 2.00. The third kappa shape index (κ3) is 3.69. The summed E-state index contributed by atoms with van der Waals surface area (Å²) in [5.41, 5.74) is 5.61. The minimum atomic E-state index is -1.01. The van der Waals surface area contributed by atoms with E-state index < -0.39 is 18.1 Å². The second-order valence-corrected chi connectivity index (χ2v) is 3.13. The predicted octanol–water partition coefficient (Wildman–Crippen LogP) is 0.195. The quantitative estimate of drug-likeness (QED) is 0.557. The maximum atomic E-state index is 10.2. The van der Waals surface area contributed by atoms with Crippen LogP contribution in [0.5, 0.6) is 0 Å². The molecule has 0 spiro atoms. The standard InChI is InChI=1S/C8H17NO3/c1-3-5(2)8(9)6(10)4-7(11)12/h5-6,8,10H,3-4,9H2,1-2H3,(H,11,12). The van der Waals surface area contributed by atoms with Gasteiger partial charge in [0.05, 0.1) is 12.5 Å². The molecule has 4 heteroatoms. The molecule has 0 saturated carbocycles. The Hall–Kier alpha value is -0.610. The van der Waals surface area contributed by atoms with Crippen LogP contribution in [0.4, 0.5) is 0 Å². The Morgan fingerprint density at radius 2 is 2.08 bits per heavy atom. The summed E-state index contributed by atoms with van der Waals surface area (Å²) in [6.07, 6.45) is -0.360. The van der Waals surface area contributed by atoms with Crippen molar-refractivity contribution in [3.63, 3.8) is 0 Å². The van der Waals surface area contributed by atoms with Crippen molar-refractivity contribution in [2.45, 2.75) is 38.8 Å². The molecular weight excluding hydrogens is 158 g/mol. The number of carboxylic acid groups (broad SMARTS) is 1. The highest BCUT2D eigenvalue weighted by molar-refractivity contribution is 5.67. The van der Waals surface area contributed by atoms with Crippen LogP contribution in [-0.4, -0.2) is 28.3 Å². The molecule has 72 valence electrons. The Balaban J connectivity index is 3.91. The van der Waals surface area contributed by atoms with Crippen molar-refractivity contribution in [1.29, 1.82) is 0 Å². The normalized spacial score (nSPS) is 18.3. The number of aliphatic carboxylic acids is 1. The summed E-state index contributed by atoms with van der Waals surface area (Å²) in [5, 5.41) is 17.7. The first-order chi connectivity index (χ1) is 5.49. The number of carbonyl (C=O) groups is 1. The van der Waals surface area contributed by atoms with E-state index in [2.05, 4.69) is 0 Å². The fraction of sp³-hybridized carbons (Fsp3) is 0.875. The van der Waals surface area contributed by atoms with E-state index in [0.717, 1.165) is 6.42 Å². The number of hydrogen-bond acceptors (Lipinski definition) is 3. The van der Waals surface area contributed by atoms with Gasteiger partial charge in [-0.1, -0.05) is 20.3 Å². The summed E-state index contributed by atoms with van der Waals surface area (Å²) >= 11 is 0. The van der Waals surface area contributed by atoms with Crippen molar-refractivity contribution in [3.8, 4) is 0 Å². The zero-order valence-corrected chi connectivity index (χ0v) is 7.53. The minimum absolute atomic E-state index is 0.152. The van der Waals surface area contributed by atoms with Gasteiger partial charge in [0.1, 0.15) is 0 Å². The first kappa shape index (κ1) is 11.4. The van der Waals surface area contributed by atoms with Crippen molar-refractivity contribution >= 4 is 5.97 Å². The van der Waals surface area contributed by atoms with Gasteiger partial charge in [-0.25, -0.2) is 0 Å². The lowest BCUT2D eigenvalue weighted by Gasteiger charge is -2.22. The van der Waals surface area contributed by atoms with Crippen LogP contribution in [0.25, 0.3) is 0 Å². The second kappa shape index (κ2) is 5.11. The zero-order valence-electron chi connectivity index (χ0n) is 7.53. The summed E-state index contributed by atoms with van der Waals surface area (Å²) in [5.74, 6) is -0.861. The minimum Gasteiger partial charge on any atom is -0.481 e. The third-order valence-electron chi connectivity index (χ3n) is 2.13. The molecule has 4 N–H and O–H groups in total. The van der Waals surface area contributed by atoms with E-state index >= 15 is 0 Å². The van der Waals surface area contributed by atoms with Crippen LogP contribution in [0.1, 0.15) is 26.7 Å². The lowest BCUT2D eigenvalue weighted by atomic mass is 9.94. The Morgan fingerprint density at radius 1 is 1.58 bits per heavy atom. The molecule has 3 atom stereocenters. The molecule has 0 aromatic rings. The fourth-order valence-electron chi connectivity index (χ4n) is 0.966. The van der Waals surface area contributed by atoms with Crippen LogP contribution < -0.4 is 5.73 Å². The summed E-state index contributed by atoms with van der Waals surface area (Å²) in [6.45, 7) is 3.85. The highest BCUT2D eigenvalue weighted by atomic mass is 16.4. The Morgan fingerprint density at radius 3 is 2.42 bits per heavy atom. The number of nitrogens with two attached hydrogens (primary N) is 1. The Kier molecular flexibility index (Phi) is 4.85. The molecule has 4 nitrogen and oxygen atoms in total. The zero-order chi connectivity index (χ0) is 9.72. The SMILES string of the molecule is CCC(C)C(N)C(O)CC(=O)O. The van der Waals surface area contributed by atoms with Crippen molar-refractivity contribution < 1.29 is 15.0 Å². The van der Waals surface area contributed by atoms with Gasteiger partial charge >= 0.3 is 5.97 Å². The number of carboxylic acids is 1. The van der Waals surface area contributed by atoms with Crippen LogP contribution in [0.3, 0.4) is 0 Å². The van der Waals surface area contributed by atoms with E-state index in [0.29, 0.717) is 0 Å². The van der Waals surface area contributed by atoms with Gasteiger partial charge in [-0.15, -0.1) is 0 Å². The summed E-state index contributed by atoms with van der Waals surface area (Å²) in [6, 6.07) is -0.439. The largest absolute Gasteiger partial charge is 0.481 e. The first-order valence-corrected chi connectivity index (χ1v) is 4.14. The van der Waals surface area contributed by atoms with E-state index in [4.69, 9.17) is 10.8 Å². The van der Waals surface area contributed by atoms with Gasteiger partial charge in [0, 0.05) is 6.04 Å². The van der Waals surface area contributed by atoms with Gasteiger partial charge in [-0.3, -0.25) is 4.79 Å². The van der Waals surface area contributed by atoms with Gasteiger partial charge in [-0.2, -0.15) is 0 Å². The number of aliphatic hydroxyl groups is 1. The average molecular weight is 175 g/mol. The van der Waals surface area contributed by atoms with E-state index in [1.54, 1.807) is 0 Å². The number of hydrogen-bond donors (Lipinski definition) is 3. The fourth-order valence-corrected chi connectivity index (χ4v) is 0.966. The lowest BCUT2D eigenvalue weighted by molar-refractivity contribution is -0.139. The molecule has 0 bridgehead atoms. The van der Waals surface area contributed by atoms with Crippen LogP contribution in [0.15, 0.2) is 0 Å². The molecule has 0 aromatic heterocycles. The molecule has 0 aliphatic rings. The first-order valence-electron chi connectivity index (χ1n) is 4.14. The molecule has 0 aliphatic carbocycles. The topological polar surface area (TPSA) is 83.5 Å². The van der Waals surface area contributed by atoms with Crippen molar-refractivity contribution in [3.05, 3.63) is 0 Å². The second-order valence-electron chi connectivity index (χ2n) is 3.13. The molecular formula is C8H17NO3. The molecule has 0 rings (SSSR count). The molecule has 0 fully saturated rings. The highest BCUT2D eigenvalue weighted by Gasteiger charge is 2.22. The summed E-state index contributed by atoms with van der Waals surface area (Å²) in [4.78, 5) is 10.2. The molecule has 12 heavy (non-hydrogen) atoms. The summed E-state index contributed by atoms with van der Waals surface area (Å²) < 4.78 is 0. The summed E-state index contributed by atoms with van der Waals surface area (Å²) in [7, 11) is 0. The molecule has 0 saturated heterocycles.